The van der Waals surface area contributed by atoms with E-state index in [1.807, 2.05) is 0 Å². The van der Waals surface area contributed by atoms with Gasteiger partial charge in [-0.1, -0.05) is 81.3 Å². The summed E-state index contributed by atoms with van der Waals surface area (Å²) in [5, 5.41) is 0.159. The van der Waals surface area contributed by atoms with E-state index in [4.69, 9.17) is 9.16 Å². The Kier molecular flexibility index (Phi) is 7.56. The first kappa shape index (κ1) is 23.9. The zero-order chi connectivity index (χ0) is 22.6. The van der Waals surface area contributed by atoms with Gasteiger partial charge < -0.3 is 9.16 Å². The van der Waals surface area contributed by atoms with Crippen LogP contribution in [0.25, 0.3) is 11.1 Å². The molecule has 1 heterocycles. The number of hydrogen-bond donors (Lipinski definition) is 0. The highest BCUT2D eigenvalue weighted by Gasteiger charge is 2.39. The minimum absolute atomic E-state index is 0.0697. The lowest BCUT2D eigenvalue weighted by Gasteiger charge is -2.39. The van der Waals surface area contributed by atoms with Crippen molar-refractivity contribution in [3.8, 4) is 11.1 Å². The Bertz CT molecular complexity index is 859. The number of ketones is 1. The molecule has 0 radical (unpaired) electrons. The van der Waals surface area contributed by atoms with Gasteiger partial charge in [0.05, 0.1) is 12.7 Å². The molecule has 1 aliphatic heterocycles. The van der Waals surface area contributed by atoms with Crippen molar-refractivity contribution in [1.29, 1.82) is 0 Å². The standard InChI is InChI=1S/C27H38O3Si/c1-20-11-13-21(14-12-20)22-15-17-23(18-16-22)25(30-31(5,6)27(2,3)4)10-8-7-9-24(28)26-19-29-26/h11-18,25-26H,7-10,19H2,1-6H3. The normalized spacial score (nSPS) is 17.4. The molecule has 0 bridgehead atoms. The van der Waals surface area contributed by atoms with E-state index >= 15 is 0 Å². The van der Waals surface area contributed by atoms with Crippen molar-refractivity contribution in [1.82, 2.24) is 0 Å². The zero-order valence-corrected chi connectivity index (χ0v) is 21.0. The molecule has 3 rings (SSSR count). The number of benzene rings is 2. The average Bonchev–Trinajstić information content (AvgIpc) is 3.55. The van der Waals surface area contributed by atoms with Crippen LogP contribution in [0.4, 0.5) is 0 Å². The molecule has 0 N–H and O–H groups in total. The minimum Gasteiger partial charge on any atom is -0.410 e. The Morgan fingerprint density at radius 2 is 1.58 bits per heavy atom. The Labute approximate surface area is 189 Å². The summed E-state index contributed by atoms with van der Waals surface area (Å²) in [6.07, 6.45) is 3.39. The van der Waals surface area contributed by atoms with Crippen molar-refractivity contribution in [2.24, 2.45) is 0 Å². The Morgan fingerprint density at radius 3 is 2.10 bits per heavy atom. The third-order valence-electron chi connectivity index (χ3n) is 6.74. The van der Waals surface area contributed by atoms with Gasteiger partial charge in [0.15, 0.2) is 14.1 Å². The second kappa shape index (κ2) is 9.80. The maximum Gasteiger partial charge on any atom is 0.192 e. The van der Waals surface area contributed by atoms with E-state index in [9.17, 15) is 4.79 Å². The molecule has 1 aliphatic rings. The highest BCUT2D eigenvalue weighted by Crippen LogP contribution is 2.41. The van der Waals surface area contributed by atoms with Gasteiger partial charge in [-0.15, -0.1) is 0 Å². The smallest absolute Gasteiger partial charge is 0.192 e. The lowest BCUT2D eigenvalue weighted by atomic mass is 9.98. The Morgan fingerprint density at radius 1 is 1.03 bits per heavy atom. The molecule has 2 unspecified atom stereocenters. The summed E-state index contributed by atoms with van der Waals surface area (Å²) < 4.78 is 12.0. The topological polar surface area (TPSA) is 38.8 Å². The van der Waals surface area contributed by atoms with Crippen LogP contribution in [0, 0.1) is 6.92 Å². The maximum atomic E-state index is 11.9. The largest absolute Gasteiger partial charge is 0.410 e. The van der Waals surface area contributed by atoms with Crippen LogP contribution in [-0.4, -0.2) is 26.8 Å². The van der Waals surface area contributed by atoms with Gasteiger partial charge in [0.2, 0.25) is 0 Å². The highest BCUT2D eigenvalue weighted by atomic mass is 28.4. The average molecular weight is 439 g/mol. The van der Waals surface area contributed by atoms with E-state index in [1.54, 1.807) is 0 Å². The number of unbranched alkanes of at least 4 members (excludes halogenated alkanes) is 1. The number of carbonyl (C=O) groups excluding carboxylic acids is 1. The summed E-state index contributed by atoms with van der Waals surface area (Å²) in [4.78, 5) is 11.9. The third kappa shape index (κ3) is 6.61. The first-order valence-corrected chi connectivity index (χ1v) is 14.5. The van der Waals surface area contributed by atoms with Gasteiger partial charge in [0.25, 0.3) is 0 Å². The number of epoxide rings is 1. The molecule has 2 aromatic rings. The number of aryl methyl sites for hydroxylation is 1. The lowest BCUT2D eigenvalue weighted by molar-refractivity contribution is -0.120. The minimum atomic E-state index is -1.91. The van der Waals surface area contributed by atoms with Crippen LogP contribution in [0.5, 0.6) is 0 Å². The number of Topliss-reactive ketones (excluding diaryl/α,β-unsaturated/α-hetero) is 1. The number of ether oxygens (including phenoxy) is 1. The zero-order valence-electron chi connectivity index (χ0n) is 20.0. The Hall–Kier alpha value is -1.75. The van der Waals surface area contributed by atoms with Crippen LogP contribution in [-0.2, 0) is 14.0 Å². The van der Waals surface area contributed by atoms with E-state index in [2.05, 4.69) is 89.3 Å². The van der Waals surface area contributed by atoms with E-state index < -0.39 is 8.32 Å². The van der Waals surface area contributed by atoms with Crippen molar-refractivity contribution in [2.45, 2.75) is 83.7 Å². The first-order valence-electron chi connectivity index (χ1n) is 11.6. The van der Waals surface area contributed by atoms with Crippen LogP contribution in [0.3, 0.4) is 0 Å². The van der Waals surface area contributed by atoms with Crippen molar-refractivity contribution >= 4 is 14.1 Å². The fraction of sp³-hybridized carbons (Fsp3) is 0.519. The van der Waals surface area contributed by atoms with Crippen molar-refractivity contribution in [3.05, 3.63) is 59.7 Å². The predicted octanol–water partition coefficient (Wildman–Crippen LogP) is 7.25. The van der Waals surface area contributed by atoms with Gasteiger partial charge in [-0.3, -0.25) is 4.79 Å². The van der Waals surface area contributed by atoms with Gasteiger partial charge in [-0.2, -0.15) is 0 Å². The summed E-state index contributed by atoms with van der Waals surface area (Å²) in [7, 11) is -1.91. The SMILES string of the molecule is Cc1ccc(-c2ccc(C(CCCCC(=O)C3CO3)O[Si](C)(C)C(C)(C)C)cc2)cc1. The van der Waals surface area contributed by atoms with Crippen molar-refractivity contribution in [3.63, 3.8) is 0 Å². The quantitative estimate of drug-likeness (QED) is 0.223. The number of carbonyl (C=O) groups is 1. The lowest BCUT2D eigenvalue weighted by Crippen LogP contribution is -2.41. The summed E-state index contributed by atoms with van der Waals surface area (Å²) in [5.41, 5.74) is 4.97. The highest BCUT2D eigenvalue weighted by molar-refractivity contribution is 6.74. The molecular formula is C27H38O3Si. The summed E-state index contributed by atoms with van der Waals surface area (Å²) in [5.74, 6) is 0.254. The van der Waals surface area contributed by atoms with Crippen LogP contribution < -0.4 is 0 Å². The molecule has 3 nitrogen and oxygen atoms in total. The molecule has 1 saturated heterocycles. The van der Waals surface area contributed by atoms with E-state index in [0.717, 1.165) is 19.3 Å². The summed E-state index contributed by atoms with van der Waals surface area (Å²) in [6, 6.07) is 17.5. The van der Waals surface area contributed by atoms with Crippen LogP contribution in [0.2, 0.25) is 18.1 Å². The molecule has 168 valence electrons. The van der Waals surface area contributed by atoms with Crippen LogP contribution in [0.1, 0.15) is 63.7 Å². The van der Waals surface area contributed by atoms with Crippen LogP contribution in [0.15, 0.2) is 48.5 Å². The number of hydrogen-bond acceptors (Lipinski definition) is 3. The fourth-order valence-corrected chi connectivity index (χ4v) is 4.81. The molecule has 0 saturated carbocycles. The molecule has 0 aliphatic carbocycles. The van der Waals surface area contributed by atoms with Crippen LogP contribution >= 0.6 is 0 Å². The Balaban J connectivity index is 1.70. The van der Waals surface area contributed by atoms with Gasteiger partial charge in [0.1, 0.15) is 6.10 Å². The molecule has 1 fully saturated rings. The third-order valence-corrected chi connectivity index (χ3v) is 11.2. The molecule has 0 amide bonds. The molecule has 2 atom stereocenters. The molecule has 4 heteroatoms. The van der Waals surface area contributed by atoms with E-state index in [-0.39, 0.29) is 23.0 Å². The predicted molar refractivity (Wildman–Crippen MR) is 131 cm³/mol. The molecular weight excluding hydrogens is 400 g/mol. The maximum absolute atomic E-state index is 11.9. The first-order chi connectivity index (χ1) is 14.6. The summed E-state index contributed by atoms with van der Waals surface area (Å²) >= 11 is 0. The second-order valence-electron chi connectivity index (χ2n) is 10.4. The van der Waals surface area contributed by atoms with Gasteiger partial charge in [-0.05, 0) is 54.6 Å². The fourth-order valence-electron chi connectivity index (χ4n) is 3.49. The molecule has 0 spiro atoms. The molecule has 2 aromatic carbocycles. The van der Waals surface area contributed by atoms with Gasteiger partial charge in [-0.25, -0.2) is 0 Å². The number of rotatable bonds is 10. The van der Waals surface area contributed by atoms with Crippen molar-refractivity contribution in [2.75, 3.05) is 6.61 Å². The molecule has 31 heavy (non-hydrogen) atoms. The van der Waals surface area contributed by atoms with E-state index in [1.165, 1.54) is 22.3 Å². The van der Waals surface area contributed by atoms with Crippen molar-refractivity contribution < 1.29 is 14.0 Å². The van der Waals surface area contributed by atoms with Gasteiger partial charge >= 0.3 is 0 Å². The second-order valence-corrected chi connectivity index (χ2v) is 15.1. The summed E-state index contributed by atoms with van der Waals surface area (Å²) in [6.45, 7) is 14.2. The monoisotopic (exact) mass is 438 g/mol. The molecule has 0 aromatic heterocycles. The van der Waals surface area contributed by atoms with E-state index in [0.29, 0.717) is 13.0 Å². The van der Waals surface area contributed by atoms with Gasteiger partial charge in [0, 0.05) is 6.42 Å².